The third kappa shape index (κ3) is 3.79. The lowest BCUT2D eigenvalue weighted by molar-refractivity contribution is 0.395. The quantitative estimate of drug-likeness (QED) is 0.760. The highest BCUT2D eigenvalue weighted by Gasteiger charge is 2.19. The standard InChI is InChI=1S/C18H20N4O2S/c1-21(2)13-15-12-17(14-8-4-3-5-9-14)22(20-15)16-10-6-7-11-18(16)25(19,23)24/h3-12H,13H2,1-2H3,(H2,19,23,24). The van der Waals surface area contributed by atoms with Gasteiger partial charge < -0.3 is 4.90 Å². The minimum Gasteiger partial charge on any atom is -0.304 e. The molecule has 25 heavy (non-hydrogen) atoms. The van der Waals surface area contributed by atoms with E-state index in [0.29, 0.717) is 12.2 Å². The first kappa shape index (κ1) is 17.3. The van der Waals surface area contributed by atoms with Crippen molar-refractivity contribution in [2.75, 3.05) is 14.1 Å². The molecule has 0 atom stereocenters. The van der Waals surface area contributed by atoms with Crippen LogP contribution in [-0.4, -0.2) is 37.2 Å². The van der Waals surface area contributed by atoms with Gasteiger partial charge in [-0.25, -0.2) is 18.2 Å². The molecule has 7 heteroatoms. The van der Waals surface area contributed by atoms with Crippen molar-refractivity contribution >= 4 is 10.0 Å². The van der Waals surface area contributed by atoms with Crippen LogP contribution < -0.4 is 5.14 Å². The summed E-state index contributed by atoms with van der Waals surface area (Å²) in [5.74, 6) is 0. The Kier molecular flexibility index (Phi) is 4.71. The van der Waals surface area contributed by atoms with Crippen LogP contribution in [-0.2, 0) is 16.6 Å². The SMILES string of the molecule is CN(C)Cc1cc(-c2ccccc2)n(-c2ccccc2S(N)(=O)=O)n1. The molecule has 130 valence electrons. The van der Waals surface area contributed by atoms with Crippen molar-refractivity contribution in [1.82, 2.24) is 14.7 Å². The van der Waals surface area contributed by atoms with Crippen LogP contribution in [0.5, 0.6) is 0 Å². The van der Waals surface area contributed by atoms with Crippen molar-refractivity contribution in [2.24, 2.45) is 5.14 Å². The maximum absolute atomic E-state index is 12.0. The molecule has 2 aromatic carbocycles. The van der Waals surface area contributed by atoms with Gasteiger partial charge in [-0.1, -0.05) is 42.5 Å². The molecule has 0 saturated carbocycles. The molecule has 2 N–H and O–H groups in total. The van der Waals surface area contributed by atoms with Crippen LogP contribution in [0.3, 0.4) is 0 Å². The van der Waals surface area contributed by atoms with Crippen molar-refractivity contribution in [3.8, 4) is 16.9 Å². The fourth-order valence-electron chi connectivity index (χ4n) is 2.70. The van der Waals surface area contributed by atoms with Crippen molar-refractivity contribution in [1.29, 1.82) is 0 Å². The van der Waals surface area contributed by atoms with E-state index in [9.17, 15) is 8.42 Å². The fraction of sp³-hybridized carbons (Fsp3) is 0.167. The van der Waals surface area contributed by atoms with E-state index in [1.54, 1.807) is 22.9 Å². The first-order valence-corrected chi connectivity index (χ1v) is 9.32. The summed E-state index contributed by atoms with van der Waals surface area (Å²) in [5.41, 5.74) is 3.04. The summed E-state index contributed by atoms with van der Waals surface area (Å²) >= 11 is 0. The zero-order chi connectivity index (χ0) is 18.0. The zero-order valence-electron chi connectivity index (χ0n) is 14.1. The number of para-hydroxylation sites is 1. The van der Waals surface area contributed by atoms with Gasteiger partial charge in [0.05, 0.1) is 17.1 Å². The second-order valence-electron chi connectivity index (χ2n) is 6.05. The number of nitrogens with two attached hydrogens (primary N) is 1. The first-order chi connectivity index (χ1) is 11.9. The van der Waals surface area contributed by atoms with Gasteiger partial charge >= 0.3 is 0 Å². The van der Waals surface area contributed by atoms with Gasteiger partial charge in [-0.3, -0.25) is 0 Å². The number of hydrogen-bond acceptors (Lipinski definition) is 4. The second-order valence-corrected chi connectivity index (χ2v) is 7.58. The van der Waals surface area contributed by atoms with Crippen molar-refractivity contribution in [3.63, 3.8) is 0 Å². The number of nitrogens with zero attached hydrogens (tertiary/aromatic N) is 3. The largest absolute Gasteiger partial charge is 0.304 e. The molecule has 6 nitrogen and oxygen atoms in total. The molecule has 0 aliphatic heterocycles. The van der Waals surface area contributed by atoms with Crippen molar-refractivity contribution in [2.45, 2.75) is 11.4 Å². The maximum Gasteiger partial charge on any atom is 0.240 e. The number of sulfonamides is 1. The Labute approximate surface area is 147 Å². The Morgan fingerprint density at radius 2 is 1.68 bits per heavy atom. The molecule has 0 saturated heterocycles. The van der Waals surface area contributed by atoms with Crippen LogP contribution in [0.15, 0.2) is 65.6 Å². The van der Waals surface area contributed by atoms with E-state index in [2.05, 4.69) is 5.10 Å². The number of primary sulfonamides is 1. The average Bonchev–Trinajstić information content (AvgIpc) is 2.98. The molecule has 0 aliphatic carbocycles. The molecular formula is C18H20N4O2S. The van der Waals surface area contributed by atoms with E-state index < -0.39 is 10.0 Å². The van der Waals surface area contributed by atoms with Crippen LogP contribution in [0.25, 0.3) is 16.9 Å². The molecule has 3 aromatic rings. The molecule has 1 heterocycles. The lowest BCUT2D eigenvalue weighted by atomic mass is 10.1. The zero-order valence-corrected chi connectivity index (χ0v) is 14.9. The monoisotopic (exact) mass is 356 g/mol. The lowest BCUT2D eigenvalue weighted by Gasteiger charge is -2.11. The van der Waals surface area contributed by atoms with Crippen LogP contribution >= 0.6 is 0 Å². The topological polar surface area (TPSA) is 81.2 Å². The molecule has 0 bridgehead atoms. The predicted octanol–water partition coefficient (Wildman–Crippen LogP) is 2.25. The van der Waals surface area contributed by atoms with E-state index >= 15 is 0 Å². The third-order valence-corrected chi connectivity index (χ3v) is 4.67. The normalized spacial score (nSPS) is 11.8. The molecule has 1 aromatic heterocycles. The third-order valence-electron chi connectivity index (χ3n) is 3.71. The number of hydrogen-bond donors (Lipinski definition) is 1. The summed E-state index contributed by atoms with van der Waals surface area (Å²) in [6, 6.07) is 18.3. The van der Waals surface area contributed by atoms with Crippen LogP contribution in [0, 0.1) is 0 Å². The first-order valence-electron chi connectivity index (χ1n) is 7.77. The number of benzene rings is 2. The summed E-state index contributed by atoms with van der Waals surface area (Å²) in [7, 11) is 0.0501. The van der Waals surface area contributed by atoms with Gasteiger partial charge in [0, 0.05) is 12.1 Å². The molecule has 0 radical (unpaired) electrons. The van der Waals surface area contributed by atoms with E-state index in [4.69, 9.17) is 5.14 Å². The van der Waals surface area contributed by atoms with Gasteiger partial charge in [-0.05, 0) is 32.3 Å². The summed E-state index contributed by atoms with van der Waals surface area (Å²) in [4.78, 5) is 2.05. The highest BCUT2D eigenvalue weighted by atomic mass is 32.2. The Balaban J connectivity index is 2.24. The van der Waals surface area contributed by atoms with E-state index in [1.165, 1.54) is 6.07 Å². The molecule has 3 rings (SSSR count). The molecule has 0 fully saturated rings. The van der Waals surface area contributed by atoms with Crippen molar-refractivity contribution in [3.05, 3.63) is 66.4 Å². The minimum absolute atomic E-state index is 0.0479. The summed E-state index contributed by atoms with van der Waals surface area (Å²) < 4.78 is 25.6. The van der Waals surface area contributed by atoms with E-state index in [-0.39, 0.29) is 4.90 Å². The van der Waals surface area contributed by atoms with Gasteiger partial charge in [0.2, 0.25) is 10.0 Å². The van der Waals surface area contributed by atoms with Gasteiger partial charge in [0.15, 0.2) is 0 Å². The smallest absolute Gasteiger partial charge is 0.240 e. The van der Waals surface area contributed by atoms with Gasteiger partial charge in [-0.15, -0.1) is 0 Å². The molecule has 0 aliphatic rings. The summed E-state index contributed by atoms with van der Waals surface area (Å²) in [6.07, 6.45) is 0. The van der Waals surface area contributed by atoms with E-state index in [0.717, 1.165) is 17.0 Å². The lowest BCUT2D eigenvalue weighted by Crippen LogP contribution is -2.16. The number of rotatable bonds is 5. The Bertz CT molecular complexity index is 979. The second kappa shape index (κ2) is 6.79. The minimum atomic E-state index is -3.87. The summed E-state index contributed by atoms with van der Waals surface area (Å²) in [5, 5.41) is 10.0. The maximum atomic E-state index is 12.0. The highest BCUT2D eigenvalue weighted by molar-refractivity contribution is 7.89. The van der Waals surface area contributed by atoms with Crippen LogP contribution in [0.2, 0.25) is 0 Å². The molecule has 0 unspecified atom stereocenters. The van der Waals surface area contributed by atoms with Crippen molar-refractivity contribution < 1.29 is 8.42 Å². The molecular weight excluding hydrogens is 336 g/mol. The fourth-order valence-corrected chi connectivity index (χ4v) is 3.42. The van der Waals surface area contributed by atoms with Crippen LogP contribution in [0.4, 0.5) is 0 Å². The Hall–Kier alpha value is -2.48. The Morgan fingerprint density at radius 3 is 2.32 bits per heavy atom. The summed E-state index contributed by atoms with van der Waals surface area (Å²) in [6.45, 7) is 0.643. The van der Waals surface area contributed by atoms with Crippen LogP contribution in [0.1, 0.15) is 5.69 Å². The van der Waals surface area contributed by atoms with E-state index in [1.807, 2.05) is 55.4 Å². The average molecular weight is 356 g/mol. The van der Waals surface area contributed by atoms with Gasteiger partial charge in [0.1, 0.15) is 4.90 Å². The number of aromatic nitrogens is 2. The Morgan fingerprint density at radius 1 is 1.04 bits per heavy atom. The predicted molar refractivity (Wildman–Crippen MR) is 97.8 cm³/mol. The molecule has 0 spiro atoms. The highest BCUT2D eigenvalue weighted by Crippen LogP contribution is 2.27. The van der Waals surface area contributed by atoms with Gasteiger partial charge in [0.25, 0.3) is 0 Å². The molecule has 0 amide bonds. The van der Waals surface area contributed by atoms with Gasteiger partial charge in [-0.2, -0.15) is 5.10 Å².